The number of aromatic nitrogens is 2. The van der Waals surface area contributed by atoms with Crippen molar-refractivity contribution in [3.05, 3.63) is 24.3 Å². The zero-order valence-corrected chi connectivity index (χ0v) is 10.4. The van der Waals surface area contributed by atoms with E-state index in [1.807, 2.05) is 50.3 Å². The molecule has 0 bridgehead atoms. The molecule has 0 aliphatic rings. The van der Waals surface area contributed by atoms with Crippen LogP contribution in [0.1, 0.15) is 6.92 Å². The van der Waals surface area contributed by atoms with Gasteiger partial charge in [0, 0.05) is 26.0 Å². The van der Waals surface area contributed by atoms with E-state index in [-0.39, 0.29) is 0 Å². The van der Waals surface area contributed by atoms with E-state index < -0.39 is 0 Å². The number of nitrogens with zero attached hydrogens (tertiary/aromatic N) is 3. The molecule has 1 aromatic carbocycles. The van der Waals surface area contributed by atoms with Crippen molar-refractivity contribution in [1.29, 1.82) is 0 Å². The molecule has 0 amide bonds. The average molecular weight is 231 g/mol. The van der Waals surface area contributed by atoms with Gasteiger partial charge in [0.15, 0.2) is 5.82 Å². The normalized spacial score (nSPS) is 10.8. The average Bonchev–Trinajstić information content (AvgIpc) is 2.29. The van der Waals surface area contributed by atoms with Crippen molar-refractivity contribution in [2.45, 2.75) is 6.92 Å². The molecule has 2 aromatic rings. The highest BCUT2D eigenvalue weighted by Gasteiger charge is 2.06. The minimum Gasteiger partial charge on any atom is -0.354 e. The van der Waals surface area contributed by atoms with E-state index in [2.05, 4.69) is 20.7 Å². The minimum atomic E-state index is 0.649. The smallest absolute Gasteiger partial charge is 0.225 e. The molecule has 90 valence electrons. The van der Waals surface area contributed by atoms with Crippen LogP contribution in [0.4, 0.5) is 11.8 Å². The van der Waals surface area contributed by atoms with Crippen LogP contribution < -0.4 is 10.7 Å². The number of nitrogens with one attached hydrogen (secondary N) is 2. The van der Waals surface area contributed by atoms with Gasteiger partial charge < -0.3 is 10.7 Å². The third-order valence-electron chi connectivity index (χ3n) is 2.27. The molecule has 17 heavy (non-hydrogen) atoms. The Bertz CT molecular complexity index is 509. The van der Waals surface area contributed by atoms with Gasteiger partial charge in [-0.2, -0.15) is 4.98 Å². The second-order valence-electron chi connectivity index (χ2n) is 3.95. The van der Waals surface area contributed by atoms with Gasteiger partial charge in [-0.3, -0.25) is 0 Å². The Balaban J connectivity index is 2.52. The maximum Gasteiger partial charge on any atom is 0.225 e. The molecular weight excluding hydrogens is 214 g/mol. The molecule has 0 fully saturated rings. The van der Waals surface area contributed by atoms with Gasteiger partial charge >= 0.3 is 0 Å². The van der Waals surface area contributed by atoms with Crippen molar-refractivity contribution in [2.75, 3.05) is 31.4 Å². The van der Waals surface area contributed by atoms with Gasteiger partial charge in [-0.1, -0.05) is 12.1 Å². The lowest BCUT2D eigenvalue weighted by Gasteiger charge is -2.15. The third-order valence-corrected chi connectivity index (χ3v) is 2.27. The number of hydrogen-bond donors (Lipinski definition) is 2. The van der Waals surface area contributed by atoms with Gasteiger partial charge in [-0.25, -0.2) is 9.99 Å². The maximum absolute atomic E-state index is 4.46. The van der Waals surface area contributed by atoms with E-state index in [1.54, 1.807) is 0 Å². The first-order valence-electron chi connectivity index (χ1n) is 5.65. The second-order valence-corrected chi connectivity index (χ2v) is 3.95. The fraction of sp³-hybridized carbons (Fsp3) is 0.333. The Morgan fingerprint density at radius 1 is 1.18 bits per heavy atom. The standard InChI is InChI=1S/C12H17N5/c1-4-13-12-14-10-8-6-5-7-9(10)11(15-12)16-17(2)3/h5-8H,4H2,1-3H3,(H2,13,14,15,16). The Labute approximate surface area is 101 Å². The van der Waals surface area contributed by atoms with Crippen LogP contribution in [-0.2, 0) is 0 Å². The molecule has 2 rings (SSSR count). The van der Waals surface area contributed by atoms with Gasteiger partial charge in [-0.05, 0) is 19.1 Å². The molecule has 5 heteroatoms. The van der Waals surface area contributed by atoms with E-state index in [4.69, 9.17) is 0 Å². The Morgan fingerprint density at radius 2 is 1.94 bits per heavy atom. The van der Waals surface area contributed by atoms with Crippen LogP contribution in [0.2, 0.25) is 0 Å². The van der Waals surface area contributed by atoms with Crippen LogP contribution in [0.25, 0.3) is 10.9 Å². The minimum absolute atomic E-state index is 0.649. The number of para-hydroxylation sites is 1. The highest BCUT2D eigenvalue weighted by Crippen LogP contribution is 2.21. The summed E-state index contributed by atoms with van der Waals surface area (Å²) in [5, 5.41) is 6.01. The number of hydrogen-bond acceptors (Lipinski definition) is 5. The molecule has 0 spiro atoms. The zero-order chi connectivity index (χ0) is 12.3. The van der Waals surface area contributed by atoms with Crippen LogP contribution in [-0.4, -0.2) is 35.6 Å². The second kappa shape index (κ2) is 4.97. The van der Waals surface area contributed by atoms with Crippen molar-refractivity contribution in [3.63, 3.8) is 0 Å². The van der Waals surface area contributed by atoms with Gasteiger partial charge in [0.25, 0.3) is 0 Å². The summed E-state index contributed by atoms with van der Waals surface area (Å²) in [7, 11) is 3.87. The summed E-state index contributed by atoms with van der Waals surface area (Å²) in [6.45, 7) is 2.83. The van der Waals surface area contributed by atoms with Gasteiger partial charge in [0.05, 0.1) is 5.52 Å². The first kappa shape index (κ1) is 11.6. The van der Waals surface area contributed by atoms with Gasteiger partial charge in [0.1, 0.15) is 0 Å². The molecule has 5 nitrogen and oxygen atoms in total. The predicted octanol–water partition coefficient (Wildman–Crippen LogP) is 1.95. The third kappa shape index (κ3) is 2.62. The van der Waals surface area contributed by atoms with Crippen molar-refractivity contribution in [2.24, 2.45) is 0 Å². The Kier molecular flexibility index (Phi) is 3.39. The molecule has 0 atom stereocenters. The largest absolute Gasteiger partial charge is 0.354 e. The fourth-order valence-electron chi connectivity index (χ4n) is 1.61. The fourth-order valence-corrected chi connectivity index (χ4v) is 1.61. The molecule has 1 aromatic heterocycles. The SMILES string of the molecule is CCNc1nc(NN(C)C)c2ccccc2n1. The zero-order valence-electron chi connectivity index (χ0n) is 10.4. The summed E-state index contributed by atoms with van der Waals surface area (Å²) >= 11 is 0. The Morgan fingerprint density at radius 3 is 2.65 bits per heavy atom. The summed E-state index contributed by atoms with van der Waals surface area (Å²) in [5.74, 6) is 1.46. The molecule has 0 unspecified atom stereocenters. The number of benzene rings is 1. The van der Waals surface area contributed by atoms with Crippen molar-refractivity contribution < 1.29 is 0 Å². The Hall–Kier alpha value is -1.88. The number of rotatable bonds is 4. The quantitative estimate of drug-likeness (QED) is 0.788. The first-order chi connectivity index (χ1) is 8.20. The van der Waals surface area contributed by atoms with Crippen LogP contribution in [0.5, 0.6) is 0 Å². The lowest BCUT2D eigenvalue weighted by molar-refractivity contribution is 0.493. The van der Waals surface area contributed by atoms with Crippen LogP contribution in [0.3, 0.4) is 0 Å². The van der Waals surface area contributed by atoms with Crippen molar-refractivity contribution in [1.82, 2.24) is 15.0 Å². The highest BCUT2D eigenvalue weighted by atomic mass is 15.5. The summed E-state index contributed by atoms with van der Waals surface area (Å²) < 4.78 is 0. The van der Waals surface area contributed by atoms with Gasteiger partial charge in [0.2, 0.25) is 5.95 Å². The van der Waals surface area contributed by atoms with E-state index in [0.717, 1.165) is 23.3 Å². The topological polar surface area (TPSA) is 53.1 Å². The molecule has 0 saturated carbocycles. The van der Waals surface area contributed by atoms with Crippen LogP contribution in [0, 0.1) is 0 Å². The summed E-state index contributed by atoms with van der Waals surface area (Å²) in [6.07, 6.45) is 0. The molecule has 0 radical (unpaired) electrons. The number of anilines is 2. The molecule has 1 heterocycles. The van der Waals surface area contributed by atoms with E-state index in [0.29, 0.717) is 5.95 Å². The summed E-state index contributed by atoms with van der Waals surface area (Å²) in [5.41, 5.74) is 4.12. The van der Waals surface area contributed by atoms with Crippen molar-refractivity contribution in [3.8, 4) is 0 Å². The van der Waals surface area contributed by atoms with Gasteiger partial charge in [-0.15, -0.1) is 0 Å². The van der Waals surface area contributed by atoms with E-state index in [9.17, 15) is 0 Å². The summed E-state index contributed by atoms with van der Waals surface area (Å²) in [6, 6.07) is 7.96. The monoisotopic (exact) mass is 231 g/mol. The molecule has 0 saturated heterocycles. The maximum atomic E-state index is 4.46. The van der Waals surface area contributed by atoms with Crippen molar-refractivity contribution >= 4 is 22.7 Å². The van der Waals surface area contributed by atoms with E-state index in [1.165, 1.54) is 0 Å². The molecule has 0 aliphatic carbocycles. The van der Waals surface area contributed by atoms with E-state index >= 15 is 0 Å². The molecule has 2 N–H and O–H groups in total. The highest BCUT2D eigenvalue weighted by molar-refractivity contribution is 5.89. The lowest BCUT2D eigenvalue weighted by Crippen LogP contribution is -2.21. The summed E-state index contributed by atoms with van der Waals surface area (Å²) in [4.78, 5) is 8.91. The predicted molar refractivity (Wildman–Crippen MR) is 71.0 cm³/mol. The van der Waals surface area contributed by atoms with Crippen LogP contribution >= 0.6 is 0 Å². The molecular formula is C12H17N5. The number of fused-ring (bicyclic) bond motifs is 1. The lowest BCUT2D eigenvalue weighted by atomic mass is 10.2. The molecule has 0 aliphatic heterocycles. The number of hydrazine groups is 1. The van der Waals surface area contributed by atoms with Crippen LogP contribution in [0.15, 0.2) is 24.3 Å². The first-order valence-corrected chi connectivity index (χ1v) is 5.65.